The predicted molar refractivity (Wildman–Crippen MR) is 82.1 cm³/mol. The third kappa shape index (κ3) is 3.17. The summed E-state index contributed by atoms with van der Waals surface area (Å²) >= 11 is 0. The topological polar surface area (TPSA) is 61.2 Å². The number of sulfonamides is 1. The van der Waals surface area contributed by atoms with Crippen molar-refractivity contribution in [2.45, 2.75) is 32.1 Å². The van der Waals surface area contributed by atoms with Gasteiger partial charge in [-0.3, -0.25) is 0 Å². The number of nitrogens with zero attached hydrogens (tertiary/aromatic N) is 2. The second-order valence-electron chi connectivity index (χ2n) is 6.20. The van der Waals surface area contributed by atoms with E-state index in [1.807, 2.05) is 12.1 Å². The molecule has 1 aromatic rings. The Morgan fingerprint density at radius 3 is 2.43 bits per heavy atom. The molecule has 112 valence electrons. The lowest BCUT2D eigenvalue weighted by Crippen LogP contribution is -2.36. The molecule has 0 bridgehead atoms. The number of nitriles is 1. The zero-order valence-electron chi connectivity index (χ0n) is 12.6. The third-order valence-corrected chi connectivity index (χ3v) is 5.68. The fourth-order valence-corrected chi connectivity index (χ4v) is 4.00. The Balaban J connectivity index is 2.32. The molecular formula is C16H20N2O2S. The fourth-order valence-electron chi connectivity index (χ4n) is 2.47. The van der Waals surface area contributed by atoms with Gasteiger partial charge in [0.15, 0.2) is 0 Å². The smallest absolute Gasteiger partial charge is 0.207 e. The average molecular weight is 304 g/mol. The Morgan fingerprint density at radius 1 is 1.24 bits per heavy atom. The summed E-state index contributed by atoms with van der Waals surface area (Å²) in [5, 5.41) is 9.08. The van der Waals surface area contributed by atoms with Crippen LogP contribution in [0.4, 0.5) is 0 Å². The largest absolute Gasteiger partial charge is 0.244 e. The highest BCUT2D eigenvalue weighted by atomic mass is 32.2. The fraction of sp³-hybridized carbons (Fsp3) is 0.438. The molecule has 4 nitrogen and oxygen atoms in total. The zero-order chi connectivity index (χ0) is 15.7. The van der Waals surface area contributed by atoms with Crippen LogP contribution in [0.15, 0.2) is 40.8 Å². The van der Waals surface area contributed by atoms with Gasteiger partial charge in [0, 0.05) is 13.1 Å². The van der Waals surface area contributed by atoms with Crippen molar-refractivity contribution in [3.05, 3.63) is 41.5 Å². The van der Waals surface area contributed by atoms with E-state index in [0.29, 0.717) is 13.1 Å². The predicted octanol–water partition coefficient (Wildman–Crippen LogP) is 2.93. The lowest BCUT2D eigenvalue weighted by molar-refractivity contribution is 0.389. The number of rotatable bonds is 2. The summed E-state index contributed by atoms with van der Waals surface area (Å²) in [5.41, 5.74) is 1.55. The summed E-state index contributed by atoms with van der Waals surface area (Å²) in [5.74, 6) is 0. The van der Waals surface area contributed by atoms with Gasteiger partial charge in [-0.2, -0.15) is 9.57 Å². The zero-order valence-corrected chi connectivity index (χ0v) is 13.4. The second-order valence-corrected chi connectivity index (χ2v) is 8.11. The maximum absolute atomic E-state index is 12.7. The summed E-state index contributed by atoms with van der Waals surface area (Å²) in [6, 6.07) is 8.30. The summed E-state index contributed by atoms with van der Waals surface area (Å²) in [4.78, 5) is 0.0973. The van der Waals surface area contributed by atoms with Crippen LogP contribution in [0.1, 0.15) is 32.8 Å². The Hall–Kier alpha value is -1.64. The van der Waals surface area contributed by atoms with Crippen LogP contribution in [-0.2, 0) is 10.0 Å². The lowest BCUT2D eigenvalue weighted by Gasteiger charge is -2.31. The molecule has 0 amide bonds. The van der Waals surface area contributed by atoms with Gasteiger partial charge in [-0.05, 0) is 24.0 Å². The van der Waals surface area contributed by atoms with Crippen LogP contribution in [0, 0.1) is 16.7 Å². The summed E-state index contributed by atoms with van der Waals surface area (Å²) in [6.07, 6.45) is 2.73. The first-order valence-electron chi connectivity index (χ1n) is 6.95. The van der Waals surface area contributed by atoms with Crippen LogP contribution >= 0.6 is 0 Å². The summed E-state index contributed by atoms with van der Waals surface area (Å²) in [6.45, 7) is 7.23. The molecule has 5 heteroatoms. The molecule has 1 heterocycles. The second kappa shape index (κ2) is 5.63. The van der Waals surface area contributed by atoms with Crippen LogP contribution in [-0.4, -0.2) is 25.8 Å². The highest BCUT2D eigenvalue weighted by Crippen LogP contribution is 2.32. The standard InChI is InChI=1S/C16H20N2O2S/c1-16(2,3)14-8-10-18(11-9-14)21(19,20)15-7-5-4-6-13(15)12-17/h4-8H,9-11H2,1-3H3. The number of hydrogen-bond donors (Lipinski definition) is 0. The van der Waals surface area contributed by atoms with E-state index in [2.05, 4.69) is 20.8 Å². The SMILES string of the molecule is CC(C)(C)C1=CCN(S(=O)(=O)c2ccccc2C#N)CC1. The normalized spacial score (nSPS) is 17.1. The Bertz CT molecular complexity index is 707. The van der Waals surface area contributed by atoms with E-state index in [4.69, 9.17) is 5.26 Å². The molecule has 0 atom stereocenters. The third-order valence-electron chi connectivity index (χ3n) is 3.76. The van der Waals surface area contributed by atoms with Gasteiger partial charge in [0.2, 0.25) is 10.0 Å². The molecule has 21 heavy (non-hydrogen) atoms. The van der Waals surface area contributed by atoms with Gasteiger partial charge >= 0.3 is 0 Å². The van der Waals surface area contributed by atoms with Crippen LogP contribution in [0.3, 0.4) is 0 Å². The van der Waals surface area contributed by atoms with E-state index in [9.17, 15) is 8.42 Å². The molecule has 0 aliphatic carbocycles. The minimum absolute atomic E-state index is 0.0699. The quantitative estimate of drug-likeness (QED) is 0.789. The summed E-state index contributed by atoms with van der Waals surface area (Å²) in [7, 11) is -3.61. The molecule has 1 aliphatic heterocycles. The molecule has 2 rings (SSSR count). The van der Waals surface area contributed by atoms with Crippen molar-refractivity contribution >= 4 is 10.0 Å². The Kier molecular flexibility index (Phi) is 4.22. The minimum atomic E-state index is -3.61. The maximum atomic E-state index is 12.7. The van der Waals surface area contributed by atoms with E-state index in [0.717, 1.165) is 6.42 Å². The van der Waals surface area contributed by atoms with Crippen LogP contribution in [0.5, 0.6) is 0 Å². The van der Waals surface area contributed by atoms with Crippen molar-refractivity contribution in [3.63, 3.8) is 0 Å². The van der Waals surface area contributed by atoms with Crippen molar-refractivity contribution in [2.24, 2.45) is 5.41 Å². The van der Waals surface area contributed by atoms with Gasteiger partial charge < -0.3 is 0 Å². The van der Waals surface area contributed by atoms with Crippen LogP contribution in [0.25, 0.3) is 0 Å². The van der Waals surface area contributed by atoms with Crippen molar-refractivity contribution in [1.29, 1.82) is 5.26 Å². The number of hydrogen-bond acceptors (Lipinski definition) is 3. The molecule has 0 saturated heterocycles. The molecular weight excluding hydrogens is 284 g/mol. The first-order chi connectivity index (χ1) is 9.76. The van der Waals surface area contributed by atoms with Crippen LogP contribution in [0.2, 0.25) is 0 Å². The van der Waals surface area contributed by atoms with Gasteiger partial charge in [-0.15, -0.1) is 0 Å². The van der Waals surface area contributed by atoms with Gasteiger partial charge in [0.1, 0.15) is 6.07 Å². The highest BCUT2D eigenvalue weighted by molar-refractivity contribution is 7.89. The Morgan fingerprint density at radius 2 is 1.90 bits per heavy atom. The van der Waals surface area contributed by atoms with Crippen LogP contribution < -0.4 is 0 Å². The summed E-state index contributed by atoms with van der Waals surface area (Å²) < 4.78 is 26.8. The first kappa shape index (κ1) is 15.7. The van der Waals surface area contributed by atoms with E-state index in [1.165, 1.54) is 22.0 Å². The van der Waals surface area contributed by atoms with E-state index in [-0.39, 0.29) is 15.9 Å². The van der Waals surface area contributed by atoms with Gasteiger partial charge in [-0.1, -0.05) is 44.6 Å². The van der Waals surface area contributed by atoms with Gasteiger partial charge in [0.05, 0.1) is 10.5 Å². The van der Waals surface area contributed by atoms with Gasteiger partial charge in [-0.25, -0.2) is 8.42 Å². The monoisotopic (exact) mass is 304 g/mol. The molecule has 1 aliphatic rings. The maximum Gasteiger partial charge on any atom is 0.244 e. The molecule has 0 radical (unpaired) electrons. The molecule has 0 saturated carbocycles. The molecule has 0 spiro atoms. The van der Waals surface area contributed by atoms with Gasteiger partial charge in [0.25, 0.3) is 0 Å². The highest BCUT2D eigenvalue weighted by Gasteiger charge is 2.30. The molecule has 0 N–H and O–H groups in total. The minimum Gasteiger partial charge on any atom is -0.207 e. The van der Waals surface area contributed by atoms with Crippen molar-refractivity contribution in [2.75, 3.05) is 13.1 Å². The van der Waals surface area contributed by atoms with E-state index >= 15 is 0 Å². The van der Waals surface area contributed by atoms with E-state index in [1.54, 1.807) is 12.1 Å². The molecule has 0 unspecified atom stereocenters. The van der Waals surface area contributed by atoms with Crippen molar-refractivity contribution < 1.29 is 8.42 Å². The molecule has 0 aromatic heterocycles. The first-order valence-corrected chi connectivity index (χ1v) is 8.39. The van der Waals surface area contributed by atoms with Crippen molar-refractivity contribution in [1.82, 2.24) is 4.31 Å². The number of benzene rings is 1. The molecule has 1 aromatic carbocycles. The lowest BCUT2D eigenvalue weighted by atomic mass is 9.83. The average Bonchev–Trinajstić information content (AvgIpc) is 2.46. The van der Waals surface area contributed by atoms with Crippen molar-refractivity contribution in [3.8, 4) is 6.07 Å². The molecule has 0 fully saturated rings. The van der Waals surface area contributed by atoms with E-state index < -0.39 is 10.0 Å². The Labute approximate surface area is 126 Å².